The molecule has 5 nitrogen and oxygen atoms in total. The van der Waals surface area contributed by atoms with E-state index in [2.05, 4.69) is 91.4 Å². The molecular weight excluding hydrogens is 773 g/mol. The van der Waals surface area contributed by atoms with Crippen LogP contribution in [0.1, 0.15) is 79.7 Å². The van der Waals surface area contributed by atoms with Crippen LogP contribution in [0.5, 0.6) is 0 Å². The van der Waals surface area contributed by atoms with Crippen molar-refractivity contribution in [1.29, 1.82) is 0 Å². The van der Waals surface area contributed by atoms with Gasteiger partial charge in [0.15, 0.2) is 5.78 Å². The Morgan fingerprint density at radius 1 is 0.854 bits per heavy atom. The molecule has 0 aliphatic heterocycles. The maximum absolute atomic E-state index is 11.7. The molecule has 0 amide bonds. The largest absolute Gasteiger partial charge is 0.512 e. The smallest absolute Gasteiger partial charge is 0.221 e. The molecule has 0 spiro atoms. The Morgan fingerprint density at radius 2 is 1.48 bits per heavy atom. The molecule has 48 heavy (non-hydrogen) atoms. The van der Waals surface area contributed by atoms with E-state index in [-0.39, 0.29) is 48.9 Å². The van der Waals surface area contributed by atoms with Crippen LogP contribution in [0.3, 0.4) is 0 Å². The van der Waals surface area contributed by atoms with Gasteiger partial charge in [0, 0.05) is 60.0 Å². The van der Waals surface area contributed by atoms with Gasteiger partial charge >= 0.3 is 0 Å². The molecule has 0 aliphatic rings. The van der Waals surface area contributed by atoms with Gasteiger partial charge in [-0.1, -0.05) is 102 Å². The van der Waals surface area contributed by atoms with E-state index >= 15 is 0 Å². The van der Waals surface area contributed by atoms with E-state index < -0.39 is 0 Å². The van der Waals surface area contributed by atoms with Gasteiger partial charge in [0.2, 0.25) is 5.71 Å². The van der Waals surface area contributed by atoms with Gasteiger partial charge in [-0.25, -0.2) is 4.98 Å². The van der Waals surface area contributed by atoms with Crippen LogP contribution in [0.25, 0.3) is 54.9 Å². The molecule has 0 bridgehead atoms. The number of ketones is 1. The first kappa shape index (κ1) is 37.0. The Hall–Kier alpha value is -3.86. The summed E-state index contributed by atoms with van der Waals surface area (Å²) in [6.45, 7) is 14.9. The van der Waals surface area contributed by atoms with Crippen molar-refractivity contribution in [2.24, 2.45) is 17.3 Å². The molecule has 6 rings (SSSR count). The van der Waals surface area contributed by atoms with E-state index in [4.69, 9.17) is 4.42 Å². The fraction of sp³-hybridized carbons (Fsp3) is 0.357. The van der Waals surface area contributed by atoms with Crippen molar-refractivity contribution in [2.45, 2.75) is 80.6 Å². The van der Waals surface area contributed by atoms with Gasteiger partial charge in [-0.3, -0.25) is 9.78 Å². The zero-order valence-corrected chi connectivity index (χ0v) is 31.6. The Balaban J connectivity index is 0.000000279. The summed E-state index contributed by atoms with van der Waals surface area (Å²) >= 11 is 0. The molecule has 2 aromatic heterocycles. The summed E-state index contributed by atoms with van der Waals surface area (Å²) in [7, 11) is 0. The van der Waals surface area contributed by atoms with E-state index in [1.54, 1.807) is 6.33 Å². The minimum absolute atomic E-state index is 0. The summed E-state index contributed by atoms with van der Waals surface area (Å²) in [6, 6.07) is 26.7. The SMILES string of the molecule is CC(C)(C)Cc1c2ccccc2cc2c1oc1ncnc(-c3[c-]cc4ccccc4c3)c12.CCC(CC)C(=O)/C=C(\O)C(CC)CC.[Ir]. The fourth-order valence-electron chi connectivity index (χ4n) is 6.44. The van der Waals surface area contributed by atoms with Gasteiger partial charge < -0.3 is 9.52 Å². The molecule has 6 heteroatoms. The van der Waals surface area contributed by atoms with Gasteiger partial charge in [0.25, 0.3) is 0 Å². The Labute approximate surface area is 298 Å². The summed E-state index contributed by atoms with van der Waals surface area (Å²) < 4.78 is 6.42. The molecule has 0 saturated heterocycles. The number of benzene rings is 4. The Bertz CT molecular complexity index is 2050. The third kappa shape index (κ3) is 8.05. The molecule has 4 aromatic carbocycles. The van der Waals surface area contributed by atoms with Gasteiger partial charge in [-0.2, -0.15) is 0 Å². The average molecular weight is 820 g/mol. The van der Waals surface area contributed by atoms with Crippen LogP contribution in [0.2, 0.25) is 0 Å². The number of nitrogens with zero attached hydrogens (tertiary/aromatic N) is 2. The number of furan rings is 1. The Kier molecular flexibility index (Phi) is 12.3. The van der Waals surface area contributed by atoms with Crippen LogP contribution in [0.15, 0.2) is 89.3 Å². The second-order valence-corrected chi connectivity index (χ2v) is 13.7. The number of aromatic nitrogens is 2. The fourth-order valence-corrected chi connectivity index (χ4v) is 6.44. The summed E-state index contributed by atoms with van der Waals surface area (Å²) in [5.41, 5.74) is 4.70. The normalized spacial score (nSPS) is 12.1. The van der Waals surface area contributed by atoms with Gasteiger partial charge in [-0.15, -0.1) is 29.1 Å². The molecule has 0 unspecified atom stereocenters. The first-order chi connectivity index (χ1) is 22.6. The third-order valence-corrected chi connectivity index (χ3v) is 9.11. The molecule has 1 N–H and O–H groups in total. The topological polar surface area (TPSA) is 76.2 Å². The molecular formula is C42H47IrN2O3-. The van der Waals surface area contributed by atoms with E-state index in [1.165, 1.54) is 27.8 Å². The maximum atomic E-state index is 11.7. The van der Waals surface area contributed by atoms with Crippen molar-refractivity contribution in [3.63, 3.8) is 0 Å². The number of rotatable bonds is 9. The first-order valence-electron chi connectivity index (χ1n) is 17.0. The molecule has 1 radical (unpaired) electrons. The minimum Gasteiger partial charge on any atom is -0.512 e. The molecule has 6 aromatic rings. The van der Waals surface area contributed by atoms with Crippen molar-refractivity contribution in [3.8, 4) is 11.3 Å². The summed E-state index contributed by atoms with van der Waals surface area (Å²) in [4.78, 5) is 20.9. The van der Waals surface area contributed by atoms with Crippen LogP contribution < -0.4 is 0 Å². The van der Waals surface area contributed by atoms with E-state index in [1.807, 2.05) is 39.8 Å². The average Bonchev–Trinajstić information content (AvgIpc) is 3.44. The zero-order chi connectivity index (χ0) is 33.7. The number of allylic oxidation sites excluding steroid dienone is 2. The molecule has 0 saturated carbocycles. The van der Waals surface area contributed by atoms with Crippen LogP contribution in [0.4, 0.5) is 0 Å². The third-order valence-electron chi connectivity index (χ3n) is 9.11. The number of fused-ring (bicyclic) bond motifs is 5. The summed E-state index contributed by atoms with van der Waals surface area (Å²) in [6.07, 6.45) is 7.41. The van der Waals surface area contributed by atoms with Crippen LogP contribution in [-0.4, -0.2) is 20.9 Å². The second-order valence-electron chi connectivity index (χ2n) is 13.7. The van der Waals surface area contributed by atoms with E-state index in [0.29, 0.717) is 5.71 Å². The number of aliphatic hydroxyl groups is 1. The molecule has 253 valence electrons. The molecule has 0 fully saturated rings. The predicted octanol–water partition coefficient (Wildman–Crippen LogP) is 11.6. The number of carbonyl (C=O) groups is 1. The predicted molar refractivity (Wildman–Crippen MR) is 196 cm³/mol. The Morgan fingerprint density at radius 3 is 2.12 bits per heavy atom. The number of carbonyl (C=O) groups excluding carboxylic acids is 1. The van der Waals surface area contributed by atoms with Crippen molar-refractivity contribution in [2.75, 3.05) is 0 Å². The van der Waals surface area contributed by atoms with Crippen molar-refractivity contribution < 1.29 is 34.4 Å². The van der Waals surface area contributed by atoms with Crippen LogP contribution in [-0.2, 0) is 31.3 Å². The standard InChI is InChI=1S/C29H23N2O.C13H24O2.Ir/c1-29(2,3)16-24-22-11-7-6-10-20(22)15-23-25-26(30-17-31-28(25)32-27(23)24)21-13-12-18-8-4-5-9-19(18)14-21;1-5-10(6-2)12(14)9-13(15)11(7-3)8-4;/h4-12,14-15,17H,16H2,1-3H3;9-11,14H,5-8H2,1-4H3;/q-1;;/b;12-9-;. The summed E-state index contributed by atoms with van der Waals surface area (Å²) in [5.74, 6) is 0.547. The number of hydrogen-bond donors (Lipinski definition) is 1. The van der Waals surface area contributed by atoms with Gasteiger partial charge in [0.05, 0.1) is 5.76 Å². The summed E-state index contributed by atoms with van der Waals surface area (Å²) in [5, 5.41) is 16.6. The van der Waals surface area contributed by atoms with E-state index in [0.717, 1.165) is 65.1 Å². The molecule has 2 heterocycles. The number of aliphatic hydroxyl groups excluding tert-OH is 1. The maximum Gasteiger partial charge on any atom is 0.221 e. The first-order valence-corrected chi connectivity index (χ1v) is 17.0. The van der Waals surface area contributed by atoms with Crippen molar-refractivity contribution in [1.82, 2.24) is 9.97 Å². The van der Waals surface area contributed by atoms with Gasteiger partial charge in [0.1, 0.15) is 11.9 Å². The zero-order valence-electron chi connectivity index (χ0n) is 29.2. The monoisotopic (exact) mass is 820 g/mol. The van der Waals surface area contributed by atoms with E-state index in [9.17, 15) is 9.90 Å². The van der Waals surface area contributed by atoms with Crippen LogP contribution in [0, 0.1) is 23.3 Å². The van der Waals surface area contributed by atoms with Crippen molar-refractivity contribution in [3.05, 3.63) is 96.5 Å². The quantitative estimate of drug-likeness (QED) is 0.0893. The van der Waals surface area contributed by atoms with Crippen molar-refractivity contribution >= 4 is 49.4 Å². The minimum atomic E-state index is 0. The molecule has 0 aliphatic carbocycles. The van der Waals surface area contributed by atoms with Crippen LogP contribution >= 0.6 is 0 Å². The number of hydrogen-bond acceptors (Lipinski definition) is 5. The van der Waals surface area contributed by atoms with Gasteiger partial charge in [-0.05, 0) is 54.4 Å². The molecule has 0 atom stereocenters. The second kappa shape index (κ2) is 16.0.